The molecule has 1 aromatic heterocycles. The van der Waals surface area contributed by atoms with Crippen molar-refractivity contribution in [3.8, 4) is 0 Å². The highest BCUT2D eigenvalue weighted by molar-refractivity contribution is 7.89. The van der Waals surface area contributed by atoms with Gasteiger partial charge >= 0.3 is 0 Å². The van der Waals surface area contributed by atoms with Crippen molar-refractivity contribution < 1.29 is 22.1 Å². The van der Waals surface area contributed by atoms with Gasteiger partial charge in [-0.15, -0.1) is 0 Å². The van der Waals surface area contributed by atoms with E-state index in [-0.39, 0.29) is 29.8 Å². The molecule has 1 N–H and O–H groups in total. The number of piperidine rings is 1. The zero-order chi connectivity index (χ0) is 19.0. The van der Waals surface area contributed by atoms with Crippen LogP contribution in [0.4, 0.5) is 10.3 Å². The molecule has 1 saturated heterocycles. The van der Waals surface area contributed by atoms with E-state index >= 15 is 0 Å². The lowest BCUT2D eigenvalue weighted by atomic mass is 9.97. The van der Waals surface area contributed by atoms with Gasteiger partial charge < -0.3 is 4.52 Å². The van der Waals surface area contributed by atoms with Crippen molar-refractivity contribution in [2.45, 2.75) is 37.0 Å². The molecule has 9 heteroatoms. The average molecular weight is 393 g/mol. The van der Waals surface area contributed by atoms with E-state index in [4.69, 9.17) is 4.52 Å². The van der Waals surface area contributed by atoms with Gasteiger partial charge in [0.1, 0.15) is 5.82 Å². The lowest BCUT2D eigenvalue weighted by Crippen LogP contribution is -2.41. The summed E-state index contributed by atoms with van der Waals surface area (Å²) in [4.78, 5) is 12.6. The van der Waals surface area contributed by atoms with E-state index in [1.165, 1.54) is 16.4 Å². The SMILES string of the molecule is O=C(Nc1onc2c1CCC2)C1CCN(S(=O)(=O)c2ccc(F)cc2)CC1. The normalized spacial score (nSPS) is 18.4. The third-order valence-electron chi connectivity index (χ3n) is 5.22. The van der Waals surface area contributed by atoms with Crippen molar-refractivity contribution in [2.75, 3.05) is 18.4 Å². The fourth-order valence-electron chi connectivity index (χ4n) is 3.66. The smallest absolute Gasteiger partial charge is 0.243 e. The zero-order valence-electron chi connectivity index (χ0n) is 14.7. The number of aryl methyl sites for hydroxylation is 1. The monoisotopic (exact) mass is 393 g/mol. The summed E-state index contributed by atoms with van der Waals surface area (Å²) >= 11 is 0. The second-order valence-corrected chi connectivity index (χ2v) is 8.85. The summed E-state index contributed by atoms with van der Waals surface area (Å²) in [6, 6.07) is 4.77. The van der Waals surface area contributed by atoms with E-state index < -0.39 is 15.8 Å². The van der Waals surface area contributed by atoms with Gasteiger partial charge in [-0.3, -0.25) is 10.1 Å². The Balaban J connectivity index is 1.38. The molecule has 1 aromatic carbocycles. The second-order valence-electron chi connectivity index (χ2n) is 6.91. The molecular weight excluding hydrogens is 373 g/mol. The van der Waals surface area contributed by atoms with Crippen LogP contribution in [0.15, 0.2) is 33.7 Å². The van der Waals surface area contributed by atoms with Crippen LogP contribution in [0.2, 0.25) is 0 Å². The van der Waals surface area contributed by atoms with Crippen molar-refractivity contribution >= 4 is 21.8 Å². The van der Waals surface area contributed by atoms with Crippen molar-refractivity contribution in [3.05, 3.63) is 41.3 Å². The van der Waals surface area contributed by atoms with Gasteiger partial charge in [0.2, 0.25) is 21.8 Å². The van der Waals surface area contributed by atoms with Crippen molar-refractivity contribution in [1.29, 1.82) is 0 Å². The van der Waals surface area contributed by atoms with Gasteiger partial charge in [-0.25, -0.2) is 12.8 Å². The Labute approximate surface area is 156 Å². The maximum atomic E-state index is 13.0. The van der Waals surface area contributed by atoms with Crippen LogP contribution in [0.1, 0.15) is 30.5 Å². The number of nitrogens with one attached hydrogen (secondary N) is 1. The number of hydrogen-bond acceptors (Lipinski definition) is 5. The summed E-state index contributed by atoms with van der Waals surface area (Å²) in [5.74, 6) is -0.511. The quantitative estimate of drug-likeness (QED) is 0.861. The molecule has 0 bridgehead atoms. The van der Waals surface area contributed by atoms with Crippen LogP contribution < -0.4 is 5.32 Å². The van der Waals surface area contributed by atoms with Gasteiger partial charge in [-0.2, -0.15) is 4.31 Å². The fourth-order valence-corrected chi connectivity index (χ4v) is 5.12. The van der Waals surface area contributed by atoms with Gasteiger partial charge in [0.05, 0.1) is 10.6 Å². The number of benzene rings is 1. The number of halogens is 1. The van der Waals surface area contributed by atoms with E-state index in [2.05, 4.69) is 10.5 Å². The number of aromatic nitrogens is 1. The fraction of sp³-hybridized carbons (Fsp3) is 0.444. The first-order valence-corrected chi connectivity index (χ1v) is 10.4. The summed E-state index contributed by atoms with van der Waals surface area (Å²) in [6.07, 6.45) is 3.57. The Morgan fingerprint density at radius 3 is 2.59 bits per heavy atom. The topological polar surface area (TPSA) is 92.5 Å². The lowest BCUT2D eigenvalue weighted by Gasteiger charge is -2.30. The van der Waals surface area contributed by atoms with Crippen LogP contribution in [-0.4, -0.2) is 36.9 Å². The van der Waals surface area contributed by atoms with Crippen LogP contribution in [0.3, 0.4) is 0 Å². The number of sulfonamides is 1. The van der Waals surface area contributed by atoms with E-state index in [9.17, 15) is 17.6 Å². The molecule has 144 valence electrons. The maximum Gasteiger partial charge on any atom is 0.243 e. The lowest BCUT2D eigenvalue weighted by molar-refractivity contribution is -0.121. The molecule has 1 fully saturated rings. The minimum Gasteiger partial charge on any atom is -0.338 e. The van der Waals surface area contributed by atoms with Gasteiger partial charge in [-0.1, -0.05) is 5.16 Å². The molecule has 0 atom stereocenters. The molecule has 1 aliphatic heterocycles. The molecule has 1 aliphatic carbocycles. The largest absolute Gasteiger partial charge is 0.338 e. The van der Waals surface area contributed by atoms with Crippen molar-refractivity contribution in [2.24, 2.45) is 5.92 Å². The highest BCUT2D eigenvalue weighted by atomic mass is 32.2. The molecule has 2 aliphatic rings. The van der Waals surface area contributed by atoms with Crippen LogP contribution in [0, 0.1) is 11.7 Å². The molecule has 27 heavy (non-hydrogen) atoms. The van der Waals surface area contributed by atoms with Gasteiger partial charge in [-0.05, 0) is 56.4 Å². The molecule has 0 saturated carbocycles. The molecule has 0 radical (unpaired) electrons. The molecule has 0 unspecified atom stereocenters. The number of fused-ring (bicyclic) bond motifs is 1. The molecule has 7 nitrogen and oxygen atoms in total. The Hall–Kier alpha value is -2.26. The number of amides is 1. The first-order valence-electron chi connectivity index (χ1n) is 8.99. The van der Waals surface area contributed by atoms with E-state index in [0.717, 1.165) is 42.7 Å². The Bertz CT molecular complexity index is 947. The summed E-state index contributed by atoms with van der Waals surface area (Å²) in [5.41, 5.74) is 1.88. The van der Waals surface area contributed by atoms with Crippen molar-refractivity contribution in [3.63, 3.8) is 0 Å². The molecule has 4 rings (SSSR count). The minimum absolute atomic E-state index is 0.0593. The van der Waals surface area contributed by atoms with Crippen molar-refractivity contribution in [1.82, 2.24) is 9.46 Å². The number of carbonyl (C=O) groups is 1. The average Bonchev–Trinajstić information content (AvgIpc) is 3.27. The van der Waals surface area contributed by atoms with Crippen LogP contribution in [0.25, 0.3) is 0 Å². The van der Waals surface area contributed by atoms with Crippen LogP contribution in [-0.2, 0) is 27.7 Å². The van der Waals surface area contributed by atoms with Gasteiger partial charge in [0, 0.05) is 24.6 Å². The van der Waals surface area contributed by atoms with E-state index in [0.29, 0.717) is 18.7 Å². The highest BCUT2D eigenvalue weighted by Gasteiger charge is 2.33. The maximum absolute atomic E-state index is 13.0. The van der Waals surface area contributed by atoms with E-state index in [1.54, 1.807) is 0 Å². The number of carbonyl (C=O) groups excluding carboxylic acids is 1. The van der Waals surface area contributed by atoms with Crippen LogP contribution >= 0.6 is 0 Å². The number of rotatable bonds is 4. The first kappa shape index (κ1) is 18.1. The predicted octanol–water partition coefficient (Wildman–Crippen LogP) is 2.34. The Kier molecular flexibility index (Phi) is 4.73. The minimum atomic E-state index is -3.68. The second kappa shape index (κ2) is 7.05. The molecule has 0 spiro atoms. The molecular formula is C18H20FN3O4S. The number of anilines is 1. The van der Waals surface area contributed by atoms with Gasteiger partial charge in [0.15, 0.2) is 0 Å². The summed E-state index contributed by atoms with van der Waals surface area (Å²) in [5, 5.41) is 6.78. The third kappa shape index (κ3) is 3.49. The molecule has 2 aromatic rings. The first-order chi connectivity index (χ1) is 12.9. The molecule has 1 amide bonds. The van der Waals surface area contributed by atoms with Crippen LogP contribution in [0.5, 0.6) is 0 Å². The number of hydrogen-bond donors (Lipinski definition) is 1. The molecule has 2 heterocycles. The highest BCUT2D eigenvalue weighted by Crippen LogP contribution is 2.30. The summed E-state index contributed by atoms with van der Waals surface area (Å²) in [6.45, 7) is 0.485. The summed E-state index contributed by atoms with van der Waals surface area (Å²) in [7, 11) is -3.68. The predicted molar refractivity (Wildman–Crippen MR) is 95.0 cm³/mol. The Morgan fingerprint density at radius 2 is 1.89 bits per heavy atom. The zero-order valence-corrected chi connectivity index (χ0v) is 15.5. The standard InChI is InChI=1S/C18H20FN3O4S/c19-13-4-6-14(7-5-13)27(24,25)22-10-8-12(9-11-22)17(23)20-18-15-2-1-3-16(15)21-26-18/h4-7,12H,1-3,8-11H2,(H,20,23). The van der Waals surface area contributed by atoms with Gasteiger partial charge in [0.25, 0.3) is 0 Å². The Morgan fingerprint density at radius 1 is 1.19 bits per heavy atom. The summed E-state index contributed by atoms with van der Waals surface area (Å²) < 4.78 is 44.9. The number of nitrogens with zero attached hydrogens (tertiary/aromatic N) is 2. The third-order valence-corrected chi connectivity index (χ3v) is 7.14. The van der Waals surface area contributed by atoms with E-state index in [1.807, 2.05) is 0 Å².